The highest BCUT2D eigenvalue weighted by Gasteiger charge is 2.10. The van der Waals surface area contributed by atoms with Crippen molar-refractivity contribution in [3.05, 3.63) is 30.3 Å². The van der Waals surface area contributed by atoms with Gasteiger partial charge in [0, 0.05) is 17.2 Å². The molecule has 0 amide bonds. The maximum atomic E-state index is 9.10. The van der Waals surface area contributed by atoms with Crippen LogP contribution in [0.5, 0.6) is 0 Å². The third kappa shape index (κ3) is 7.16. The lowest BCUT2D eigenvalue weighted by atomic mass is 10.4. The Morgan fingerprint density at radius 3 is 2.10 bits per heavy atom. The molecule has 5 nitrogen and oxygen atoms in total. The van der Waals surface area contributed by atoms with Gasteiger partial charge in [-0.1, -0.05) is 18.2 Å². The van der Waals surface area contributed by atoms with Crippen LogP contribution >= 0.6 is 11.8 Å². The fourth-order valence-electron chi connectivity index (χ4n) is 1.82. The molecule has 1 fully saturated rings. The van der Waals surface area contributed by atoms with Gasteiger partial charge in [0.15, 0.2) is 0 Å². The second-order valence-corrected chi connectivity index (χ2v) is 5.49. The summed E-state index contributed by atoms with van der Waals surface area (Å²) in [6, 6.07) is 10.7. The van der Waals surface area contributed by atoms with Gasteiger partial charge < -0.3 is 15.1 Å². The first-order valence-electron chi connectivity index (χ1n) is 6.46. The molecule has 20 heavy (non-hydrogen) atoms. The van der Waals surface area contributed by atoms with Crippen molar-refractivity contribution in [2.45, 2.75) is 17.7 Å². The molecule has 0 aliphatic carbocycles. The summed E-state index contributed by atoms with van der Waals surface area (Å²) in [5, 5.41) is 14.8. The molecule has 1 aromatic carbocycles. The predicted octanol–water partition coefficient (Wildman–Crippen LogP) is 2.03. The van der Waals surface area contributed by atoms with Crippen LogP contribution in [0.2, 0.25) is 0 Å². The number of hydrogen-bond acceptors (Lipinski definition) is 4. The first kappa shape index (κ1) is 16.5. The molecule has 0 spiro atoms. The molecule has 0 bridgehead atoms. The van der Waals surface area contributed by atoms with Crippen molar-refractivity contribution in [1.82, 2.24) is 4.90 Å². The number of likely N-dealkylation sites (tertiary alicyclic amines) is 1. The van der Waals surface area contributed by atoms with Gasteiger partial charge in [0.2, 0.25) is 0 Å². The highest BCUT2D eigenvalue weighted by molar-refractivity contribution is 7.99. The fraction of sp³-hybridized carbons (Fsp3) is 0.429. The number of benzene rings is 1. The van der Waals surface area contributed by atoms with E-state index in [2.05, 4.69) is 35.2 Å². The molecule has 6 heteroatoms. The van der Waals surface area contributed by atoms with Gasteiger partial charge in [-0.15, -0.1) is 11.8 Å². The van der Waals surface area contributed by atoms with E-state index >= 15 is 0 Å². The van der Waals surface area contributed by atoms with Crippen molar-refractivity contribution in [3.8, 4) is 0 Å². The molecule has 2 N–H and O–H groups in total. The molecule has 1 heterocycles. The molecule has 1 aromatic rings. The van der Waals surface area contributed by atoms with Crippen LogP contribution in [0.4, 0.5) is 0 Å². The monoisotopic (exact) mass is 297 g/mol. The van der Waals surface area contributed by atoms with Crippen LogP contribution in [0.15, 0.2) is 35.2 Å². The van der Waals surface area contributed by atoms with Crippen LogP contribution in [-0.4, -0.2) is 52.4 Å². The van der Waals surface area contributed by atoms with E-state index in [-0.39, 0.29) is 0 Å². The van der Waals surface area contributed by atoms with Crippen molar-refractivity contribution in [2.75, 3.05) is 25.4 Å². The molecule has 0 atom stereocenters. The van der Waals surface area contributed by atoms with E-state index in [9.17, 15) is 0 Å². The van der Waals surface area contributed by atoms with Crippen LogP contribution in [0, 0.1) is 0 Å². The quantitative estimate of drug-likeness (QED) is 0.654. The molecule has 1 aliphatic rings. The van der Waals surface area contributed by atoms with E-state index in [0.29, 0.717) is 0 Å². The zero-order valence-corrected chi connectivity index (χ0v) is 12.0. The van der Waals surface area contributed by atoms with Gasteiger partial charge in [0.05, 0.1) is 0 Å². The first-order chi connectivity index (χ1) is 9.59. The summed E-state index contributed by atoms with van der Waals surface area (Å²) in [5.74, 6) is -2.42. The van der Waals surface area contributed by atoms with Crippen LogP contribution in [-0.2, 0) is 9.59 Å². The van der Waals surface area contributed by atoms with E-state index < -0.39 is 11.9 Å². The Kier molecular flexibility index (Phi) is 7.75. The Labute approximate surface area is 122 Å². The number of rotatable bonds is 4. The third-order valence-electron chi connectivity index (χ3n) is 2.80. The highest BCUT2D eigenvalue weighted by Crippen LogP contribution is 2.17. The second kappa shape index (κ2) is 9.39. The maximum absolute atomic E-state index is 9.10. The molecule has 0 unspecified atom stereocenters. The molecule has 0 radical (unpaired) electrons. The normalized spacial score (nSPS) is 14.4. The molecule has 1 saturated heterocycles. The molecule has 1 aliphatic heterocycles. The minimum Gasteiger partial charge on any atom is -0.473 e. The predicted molar refractivity (Wildman–Crippen MR) is 78.1 cm³/mol. The molecule has 0 aromatic heterocycles. The Balaban J connectivity index is 0.000000286. The summed E-state index contributed by atoms with van der Waals surface area (Å²) < 4.78 is 0. The van der Waals surface area contributed by atoms with Gasteiger partial charge in [-0.3, -0.25) is 0 Å². The number of thioether (sulfide) groups is 1. The van der Waals surface area contributed by atoms with E-state index in [1.54, 1.807) is 0 Å². The molecule has 2 rings (SSSR count). The Morgan fingerprint density at radius 2 is 1.60 bits per heavy atom. The second-order valence-electron chi connectivity index (χ2n) is 4.32. The smallest absolute Gasteiger partial charge is 0.414 e. The summed E-state index contributed by atoms with van der Waals surface area (Å²) in [7, 11) is 0. The van der Waals surface area contributed by atoms with Gasteiger partial charge >= 0.3 is 11.9 Å². The summed E-state index contributed by atoms with van der Waals surface area (Å²) in [6.45, 7) is 3.88. The summed E-state index contributed by atoms with van der Waals surface area (Å²) in [6.07, 6.45) is 2.80. The van der Waals surface area contributed by atoms with E-state index in [0.717, 1.165) is 0 Å². The van der Waals surface area contributed by atoms with Crippen molar-refractivity contribution in [1.29, 1.82) is 0 Å². The number of carboxylic acid groups (broad SMARTS) is 2. The van der Waals surface area contributed by atoms with Gasteiger partial charge in [0.25, 0.3) is 0 Å². The van der Waals surface area contributed by atoms with Crippen molar-refractivity contribution in [3.63, 3.8) is 0 Å². The van der Waals surface area contributed by atoms with Crippen LogP contribution in [0.25, 0.3) is 0 Å². The molecule has 110 valence electrons. The molecular formula is C14H19NO4S. The minimum atomic E-state index is -1.82. The lowest BCUT2D eigenvalue weighted by Crippen LogP contribution is -2.21. The first-order valence-corrected chi connectivity index (χ1v) is 7.44. The Morgan fingerprint density at radius 1 is 1.05 bits per heavy atom. The van der Waals surface area contributed by atoms with Gasteiger partial charge in [-0.2, -0.15) is 0 Å². The number of carboxylic acids is 2. The summed E-state index contributed by atoms with van der Waals surface area (Å²) >= 11 is 1.97. The third-order valence-corrected chi connectivity index (χ3v) is 3.79. The average molecular weight is 297 g/mol. The van der Waals surface area contributed by atoms with Crippen LogP contribution in [0.3, 0.4) is 0 Å². The van der Waals surface area contributed by atoms with Gasteiger partial charge in [-0.25, -0.2) is 9.59 Å². The average Bonchev–Trinajstić information content (AvgIpc) is 2.94. The topological polar surface area (TPSA) is 77.8 Å². The van der Waals surface area contributed by atoms with Crippen molar-refractivity contribution < 1.29 is 19.8 Å². The largest absolute Gasteiger partial charge is 0.473 e. The molecule has 0 saturated carbocycles. The highest BCUT2D eigenvalue weighted by atomic mass is 32.2. The van der Waals surface area contributed by atoms with Crippen molar-refractivity contribution >= 4 is 23.7 Å². The lowest BCUT2D eigenvalue weighted by molar-refractivity contribution is -0.159. The SMILES string of the molecule is O=C(O)C(=O)O.c1ccc(SCCN2CCCC2)cc1. The Hall–Kier alpha value is -1.53. The van der Waals surface area contributed by atoms with Crippen molar-refractivity contribution in [2.24, 2.45) is 0 Å². The number of aliphatic carboxylic acids is 2. The fourth-order valence-corrected chi connectivity index (χ4v) is 2.75. The van der Waals surface area contributed by atoms with Crippen LogP contribution in [0.1, 0.15) is 12.8 Å². The van der Waals surface area contributed by atoms with Gasteiger partial charge in [0.1, 0.15) is 0 Å². The zero-order chi connectivity index (χ0) is 14.8. The van der Waals surface area contributed by atoms with E-state index in [4.69, 9.17) is 19.8 Å². The summed E-state index contributed by atoms with van der Waals surface area (Å²) in [5.41, 5.74) is 0. The van der Waals surface area contributed by atoms with E-state index in [1.165, 1.54) is 43.1 Å². The molecular weight excluding hydrogens is 278 g/mol. The minimum absolute atomic E-state index is 1.23. The summed E-state index contributed by atoms with van der Waals surface area (Å²) in [4.78, 5) is 22.2. The number of nitrogens with zero attached hydrogens (tertiary/aromatic N) is 1. The van der Waals surface area contributed by atoms with Crippen LogP contribution < -0.4 is 0 Å². The number of carbonyl (C=O) groups is 2. The van der Waals surface area contributed by atoms with Gasteiger partial charge in [-0.05, 0) is 38.1 Å². The van der Waals surface area contributed by atoms with E-state index in [1.807, 2.05) is 11.8 Å². The number of hydrogen-bond donors (Lipinski definition) is 2. The standard InChI is InChI=1S/C12H17NS.C2H2O4/c1-2-6-12(7-3-1)14-11-10-13-8-4-5-9-13;3-1(4)2(5)6/h1-3,6-7H,4-5,8-11H2;(H,3,4)(H,5,6). The zero-order valence-electron chi connectivity index (χ0n) is 11.2. The lowest BCUT2D eigenvalue weighted by Gasteiger charge is -2.13. The maximum Gasteiger partial charge on any atom is 0.414 e. The Bertz CT molecular complexity index is 406.